The van der Waals surface area contributed by atoms with E-state index in [0.29, 0.717) is 0 Å². The molecule has 2 aliphatic heterocycles. The zero-order valence-electron chi connectivity index (χ0n) is 21.8. The number of benzene rings is 1. The van der Waals surface area contributed by atoms with Crippen molar-refractivity contribution in [3.8, 4) is 5.88 Å². The van der Waals surface area contributed by atoms with Crippen molar-refractivity contribution >= 4 is 34.4 Å². The Kier molecular flexibility index (Phi) is 7.98. The van der Waals surface area contributed by atoms with E-state index in [2.05, 4.69) is 25.0 Å². The monoisotopic (exact) mass is 586 g/mol. The van der Waals surface area contributed by atoms with E-state index in [1.165, 1.54) is 17.0 Å². The van der Waals surface area contributed by atoms with E-state index < -0.39 is 52.8 Å². The van der Waals surface area contributed by atoms with Crippen LogP contribution in [0.4, 0.5) is 27.6 Å². The topological polar surface area (TPSA) is 123 Å². The lowest BCUT2D eigenvalue weighted by atomic mass is 9.73. The number of carbonyl (C=O) groups excluding carboxylic acids is 2. The number of aliphatic imine (C=N–C) groups is 1. The highest BCUT2D eigenvalue weighted by molar-refractivity contribution is 8.15. The number of ether oxygens (including phenoxy) is 1. The summed E-state index contributed by atoms with van der Waals surface area (Å²) in [6.07, 6.45) is -3.62. The van der Waals surface area contributed by atoms with Gasteiger partial charge in [-0.25, -0.2) is 18.7 Å². The number of aromatic nitrogens is 2. The minimum absolute atomic E-state index is 0.0241. The Hall–Kier alpha value is -3.49. The van der Waals surface area contributed by atoms with Gasteiger partial charge in [-0.05, 0) is 38.5 Å². The lowest BCUT2D eigenvalue weighted by Crippen LogP contribution is -2.56. The van der Waals surface area contributed by atoms with Gasteiger partial charge in [0.1, 0.15) is 22.4 Å². The number of thioether (sulfide) groups is 1. The number of hydrogen-bond acceptors (Lipinski definition) is 8. The fourth-order valence-corrected chi connectivity index (χ4v) is 6.07. The SMILES string of the molecule is CC1[C@@](C)(C(=O)N2CC[C@@H](F)C2)SC(N)=N[C@]1(C)c1cc(NC(=O)c2cnc(OCC(F)(F)F)cn2)ccc1F. The van der Waals surface area contributed by atoms with Gasteiger partial charge < -0.3 is 20.7 Å². The third kappa shape index (κ3) is 5.98. The molecule has 2 aliphatic rings. The van der Waals surface area contributed by atoms with Crippen molar-refractivity contribution in [3.63, 3.8) is 0 Å². The number of nitrogens with two attached hydrogens (primary N) is 1. The van der Waals surface area contributed by atoms with Crippen LogP contribution in [0.5, 0.6) is 5.88 Å². The number of hydrogen-bond donors (Lipinski definition) is 2. The molecule has 4 atom stereocenters. The number of amides is 2. The maximum Gasteiger partial charge on any atom is 0.422 e. The predicted octanol–water partition coefficient (Wildman–Crippen LogP) is 4.05. The smallest absolute Gasteiger partial charge is 0.422 e. The Morgan fingerprint density at radius 2 is 1.98 bits per heavy atom. The van der Waals surface area contributed by atoms with Gasteiger partial charge in [-0.2, -0.15) is 13.2 Å². The van der Waals surface area contributed by atoms with Crippen LogP contribution in [0.15, 0.2) is 35.6 Å². The van der Waals surface area contributed by atoms with Gasteiger partial charge in [0.25, 0.3) is 5.91 Å². The molecule has 216 valence electrons. The van der Waals surface area contributed by atoms with Gasteiger partial charge in [-0.15, -0.1) is 0 Å². The molecule has 40 heavy (non-hydrogen) atoms. The highest BCUT2D eigenvalue weighted by Gasteiger charge is 2.55. The van der Waals surface area contributed by atoms with Crippen LogP contribution in [0.25, 0.3) is 0 Å². The minimum atomic E-state index is -4.56. The predicted molar refractivity (Wildman–Crippen MR) is 138 cm³/mol. The molecule has 1 unspecified atom stereocenters. The summed E-state index contributed by atoms with van der Waals surface area (Å²) in [7, 11) is 0. The van der Waals surface area contributed by atoms with Gasteiger partial charge in [-0.3, -0.25) is 14.6 Å². The molecule has 1 saturated heterocycles. The first-order valence-corrected chi connectivity index (χ1v) is 13.0. The molecule has 3 N–H and O–H groups in total. The molecule has 0 saturated carbocycles. The Morgan fingerprint density at radius 3 is 2.58 bits per heavy atom. The molecule has 0 radical (unpaired) electrons. The molecular formula is C25H27F5N6O3S. The van der Waals surface area contributed by atoms with E-state index in [9.17, 15) is 27.2 Å². The molecule has 9 nitrogen and oxygen atoms in total. The molecular weight excluding hydrogens is 559 g/mol. The highest BCUT2D eigenvalue weighted by atomic mass is 32.2. The Labute approximate surface area is 230 Å². The first-order valence-electron chi connectivity index (χ1n) is 12.2. The fraction of sp³-hybridized carbons (Fsp3) is 0.480. The lowest BCUT2D eigenvalue weighted by Gasteiger charge is -2.47. The van der Waals surface area contributed by atoms with Gasteiger partial charge in [0.2, 0.25) is 11.8 Å². The second kappa shape index (κ2) is 10.8. The molecule has 1 aromatic heterocycles. The lowest BCUT2D eigenvalue weighted by molar-refractivity contribution is -0.154. The molecule has 15 heteroatoms. The van der Waals surface area contributed by atoms with Crippen molar-refractivity contribution in [3.05, 3.63) is 47.7 Å². The normalized spacial score (nSPS) is 26.8. The van der Waals surface area contributed by atoms with E-state index in [1.807, 2.05) is 0 Å². The number of carbonyl (C=O) groups is 2. The highest BCUT2D eigenvalue weighted by Crippen LogP contribution is 2.51. The van der Waals surface area contributed by atoms with Crippen LogP contribution in [0.3, 0.4) is 0 Å². The summed E-state index contributed by atoms with van der Waals surface area (Å²) in [6, 6.07) is 3.80. The molecule has 2 amide bonds. The van der Waals surface area contributed by atoms with Crippen LogP contribution in [-0.2, 0) is 10.3 Å². The quantitative estimate of drug-likeness (QED) is 0.490. The Balaban J connectivity index is 1.57. The summed E-state index contributed by atoms with van der Waals surface area (Å²) in [5.74, 6) is -2.76. The van der Waals surface area contributed by atoms with Crippen LogP contribution in [0.2, 0.25) is 0 Å². The van der Waals surface area contributed by atoms with Gasteiger partial charge in [-0.1, -0.05) is 18.7 Å². The van der Waals surface area contributed by atoms with Gasteiger partial charge in [0.15, 0.2) is 11.8 Å². The fourth-order valence-electron chi connectivity index (χ4n) is 4.78. The second-order valence-electron chi connectivity index (χ2n) is 9.96. The summed E-state index contributed by atoms with van der Waals surface area (Å²) in [4.78, 5) is 39.6. The third-order valence-corrected chi connectivity index (χ3v) is 8.44. The summed E-state index contributed by atoms with van der Waals surface area (Å²) >= 11 is 1.05. The Morgan fingerprint density at radius 1 is 1.25 bits per heavy atom. The van der Waals surface area contributed by atoms with E-state index in [1.54, 1.807) is 20.8 Å². The minimum Gasteiger partial charge on any atom is -0.467 e. The average Bonchev–Trinajstić information content (AvgIpc) is 3.32. The van der Waals surface area contributed by atoms with Crippen molar-refractivity contribution in [1.82, 2.24) is 14.9 Å². The largest absolute Gasteiger partial charge is 0.467 e. The summed E-state index contributed by atoms with van der Waals surface area (Å²) in [5.41, 5.74) is 4.80. The first-order chi connectivity index (χ1) is 18.6. The van der Waals surface area contributed by atoms with Gasteiger partial charge >= 0.3 is 6.18 Å². The maximum absolute atomic E-state index is 15.3. The van der Waals surface area contributed by atoms with Crippen LogP contribution in [-0.4, -0.2) is 68.6 Å². The maximum atomic E-state index is 15.3. The number of amidine groups is 1. The molecule has 4 rings (SSSR count). The van der Waals surface area contributed by atoms with E-state index in [4.69, 9.17) is 5.73 Å². The zero-order chi connectivity index (χ0) is 29.5. The number of halogens is 5. The first kappa shape index (κ1) is 29.5. The van der Waals surface area contributed by atoms with Crippen molar-refractivity contribution in [1.29, 1.82) is 0 Å². The molecule has 2 aromatic rings. The van der Waals surface area contributed by atoms with Crippen molar-refractivity contribution in [2.24, 2.45) is 16.6 Å². The van der Waals surface area contributed by atoms with Crippen molar-refractivity contribution in [2.75, 3.05) is 25.0 Å². The molecule has 1 fully saturated rings. The van der Waals surface area contributed by atoms with Crippen LogP contribution in [0.1, 0.15) is 43.2 Å². The van der Waals surface area contributed by atoms with Crippen LogP contribution in [0, 0.1) is 11.7 Å². The van der Waals surface area contributed by atoms with E-state index >= 15 is 4.39 Å². The number of likely N-dealkylation sites (tertiary alicyclic amines) is 1. The number of nitrogens with one attached hydrogen (secondary N) is 1. The van der Waals surface area contributed by atoms with Crippen LogP contribution < -0.4 is 15.8 Å². The van der Waals surface area contributed by atoms with Crippen molar-refractivity contribution < 1.29 is 36.3 Å². The summed E-state index contributed by atoms with van der Waals surface area (Å²) < 4.78 is 69.4. The standard InChI is InChI=1S/C25H27F5N6O3S/c1-13-23(2,35-22(31)40-24(13,3)21(38)36-7-6-14(26)11-36)16-8-15(4-5-17(16)27)34-20(37)18-9-33-19(10-32-18)39-12-25(28,29)30/h4-5,8-10,13-14H,6-7,11-12H2,1-3H3,(H2,31,35)(H,34,37)/t13?,14-,23+,24+/m1/s1. The van der Waals surface area contributed by atoms with Gasteiger partial charge in [0.05, 0.1) is 24.5 Å². The second-order valence-corrected chi connectivity index (χ2v) is 11.4. The van der Waals surface area contributed by atoms with E-state index in [-0.39, 0.29) is 47.5 Å². The van der Waals surface area contributed by atoms with E-state index in [0.717, 1.165) is 30.2 Å². The molecule has 0 bridgehead atoms. The number of alkyl halides is 4. The zero-order valence-corrected chi connectivity index (χ0v) is 22.6. The molecule has 0 aliphatic carbocycles. The number of anilines is 1. The number of rotatable bonds is 6. The molecule has 3 heterocycles. The summed E-state index contributed by atoms with van der Waals surface area (Å²) in [5, 5.41) is 2.61. The third-order valence-electron chi connectivity index (χ3n) is 7.19. The average molecular weight is 587 g/mol. The number of nitrogens with zero attached hydrogens (tertiary/aromatic N) is 4. The van der Waals surface area contributed by atoms with Crippen LogP contribution >= 0.6 is 11.8 Å². The summed E-state index contributed by atoms with van der Waals surface area (Å²) in [6.45, 7) is 3.74. The Bertz CT molecular complexity index is 1330. The molecule has 1 aromatic carbocycles. The van der Waals surface area contributed by atoms with Gasteiger partial charge in [0, 0.05) is 23.7 Å². The van der Waals surface area contributed by atoms with Crippen molar-refractivity contribution in [2.45, 2.75) is 49.8 Å². The molecule has 0 spiro atoms.